The van der Waals surface area contributed by atoms with Crippen LogP contribution >= 0.6 is 0 Å². The quantitative estimate of drug-likeness (QED) is 0.773. The van der Waals surface area contributed by atoms with Gasteiger partial charge < -0.3 is 4.90 Å². The molecular formula is C19H24N4O3S. The van der Waals surface area contributed by atoms with E-state index in [4.69, 9.17) is 0 Å². The van der Waals surface area contributed by atoms with E-state index in [-0.39, 0.29) is 17.3 Å². The number of carbonyl (C=O) groups excluding carboxylic acids is 1. The minimum absolute atomic E-state index is 0.0736. The molecule has 0 atom stereocenters. The van der Waals surface area contributed by atoms with Crippen molar-refractivity contribution in [1.82, 2.24) is 20.1 Å². The molecule has 0 spiro atoms. The van der Waals surface area contributed by atoms with Gasteiger partial charge in [-0.2, -0.15) is 0 Å². The summed E-state index contributed by atoms with van der Waals surface area (Å²) in [4.78, 5) is 14.7. The van der Waals surface area contributed by atoms with Crippen LogP contribution in [0.1, 0.15) is 15.9 Å². The smallest absolute Gasteiger partial charge is 0.265 e. The van der Waals surface area contributed by atoms with Crippen molar-refractivity contribution < 1.29 is 13.2 Å². The number of rotatable bonds is 6. The molecule has 0 radical (unpaired) electrons. The maximum absolute atomic E-state index is 12.5. The normalized spacial score (nSPS) is 16.2. The van der Waals surface area contributed by atoms with E-state index in [9.17, 15) is 13.2 Å². The summed E-state index contributed by atoms with van der Waals surface area (Å²) < 4.78 is 27.7. The predicted molar refractivity (Wildman–Crippen MR) is 103 cm³/mol. The van der Waals surface area contributed by atoms with Crippen LogP contribution in [0.5, 0.6) is 0 Å². The zero-order chi connectivity index (χ0) is 19.3. The largest absolute Gasteiger partial charge is 0.304 e. The molecule has 1 heterocycles. The summed E-state index contributed by atoms with van der Waals surface area (Å²) in [5, 5.41) is 1.86. The number of nitrogens with zero attached hydrogens (tertiary/aromatic N) is 2. The molecule has 1 saturated heterocycles. The summed E-state index contributed by atoms with van der Waals surface area (Å²) in [6.07, 6.45) is 0. The van der Waals surface area contributed by atoms with E-state index in [1.807, 2.05) is 42.4 Å². The zero-order valence-corrected chi connectivity index (χ0v) is 16.1. The Kier molecular flexibility index (Phi) is 6.22. The zero-order valence-electron chi connectivity index (χ0n) is 15.3. The third kappa shape index (κ3) is 5.36. The number of amides is 1. The highest BCUT2D eigenvalue weighted by Crippen LogP contribution is 2.13. The molecule has 1 aliphatic rings. The van der Waals surface area contributed by atoms with Crippen LogP contribution in [0.2, 0.25) is 0 Å². The molecule has 144 valence electrons. The summed E-state index contributed by atoms with van der Waals surface area (Å²) >= 11 is 0. The second kappa shape index (κ2) is 8.62. The monoisotopic (exact) mass is 388 g/mol. The van der Waals surface area contributed by atoms with Crippen molar-refractivity contribution in [3.05, 3.63) is 65.7 Å². The average molecular weight is 388 g/mol. The molecule has 2 N–H and O–H groups in total. The van der Waals surface area contributed by atoms with E-state index < -0.39 is 10.0 Å². The van der Waals surface area contributed by atoms with E-state index in [1.165, 1.54) is 12.1 Å². The van der Waals surface area contributed by atoms with Crippen molar-refractivity contribution >= 4 is 15.9 Å². The van der Waals surface area contributed by atoms with Crippen molar-refractivity contribution in [2.24, 2.45) is 0 Å². The molecule has 8 heteroatoms. The van der Waals surface area contributed by atoms with Crippen LogP contribution in [-0.2, 0) is 16.6 Å². The Labute approximate surface area is 160 Å². The van der Waals surface area contributed by atoms with Gasteiger partial charge in [0.1, 0.15) is 0 Å². The lowest BCUT2D eigenvalue weighted by Gasteiger charge is -2.32. The maximum Gasteiger partial charge on any atom is 0.265 e. The van der Waals surface area contributed by atoms with Gasteiger partial charge in [0.15, 0.2) is 0 Å². The Hall–Kier alpha value is -2.26. The number of hydrogen-bond acceptors (Lipinski definition) is 5. The predicted octanol–water partition coefficient (Wildman–Crippen LogP) is 1.06. The number of benzene rings is 2. The number of piperazine rings is 1. The standard InChI is InChI=1S/C19H24N4O3S/c1-22-10-12-23(13-11-22)21-19(24)17-8-5-9-18(14-17)27(25,26)20-15-16-6-3-2-4-7-16/h2-9,14,20H,10-13,15H2,1H3,(H,21,24). The van der Waals surface area contributed by atoms with E-state index in [1.54, 1.807) is 12.1 Å². The number of nitrogens with one attached hydrogen (secondary N) is 2. The van der Waals surface area contributed by atoms with E-state index in [0.717, 1.165) is 31.7 Å². The lowest BCUT2D eigenvalue weighted by Crippen LogP contribution is -2.52. The lowest BCUT2D eigenvalue weighted by molar-refractivity contribution is 0.0662. The van der Waals surface area contributed by atoms with Gasteiger partial charge in [0, 0.05) is 38.3 Å². The fourth-order valence-corrected chi connectivity index (χ4v) is 3.85. The highest BCUT2D eigenvalue weighted by molar-refractivity contribution is 7.89. The van der Waals surface area contributed by atoms with Gasteiger partial charge in [-0.3, -0.25) is 10.2 Å². The SMILES string of the molecule is CN1CCN(NC(=O)c2cccc(S(=O)(=O)NCc3ccccc3)c2)CC1. The highest BCUT2D eigenvalue weighted by atomic mass is 32.2. The average Bonchev–Trinajstić information content (AvgIpc) is 2.69. The molecule has 1 aliphatic heterocycles. The van der Waals surface area contributed by atoms with Crippen LogP contribution in [0.3, 0.4) is 0 Å². The molecule has 0 aliphatic carbocycles. The fraction of sp³-hybridized carbons (Fsp3) is 0.316. The van der Waals surface area contributed by atoms with Gasteiger partial charge in [-0.1, -0.05) is 36.4 Å². The van der Waals surface area contributed by atoms with Gasteiger partial charge in [0.25, 0.3) is 5.91 Å². The molecule has 2 aromatic rings. The van der Waals surface area contributed by atoms with Gasteiger partial charge in [0.05, 0.1) is 4.90 Å². The number of hydrogen-bond donors (Lipinski definition) is 2. The fourth-order valence-electron chi connectivity index (χ4n) is 2.79. The second-order valence-electron chi connectivity index (χ2n) is 6.57. The first-order chi connectivity index (χ1) is 12.9. The molecule has 0 bridgehead atoms. The first kappa shape index (κ1) is 19.5. The lowest BCUT2D eigenvalue weighted by atomic mass is 10.2. The van der Waals surface area contributed by atoms with Gasteiger partial charge >= 0.3 is 0 Å². The van der Waals surface area contributed by atoms with E-state index >= 15 is 0 Å². The molecule has 7 nitrogen and oxygen atoms in total. The third-order valence-electron chi connectivity index (χ3n) is 4.48. The van der Waals surface area contributed by atoms with E-state index in [0.29, 0.717) is 5.56 Å². The van der Waals surface area contributed by atoms with Crippen LogP contribution in [0, 0.1) is 0 Å². The van der Waals surface area contributed by atoms with Gasteiger partial charge in [-0.25, -0.2) is 18.1 Å². The molecule has 0 unspecified atom stereocenters. The first-order valence-electron chi connectivity index (χ1n) is 8.82. The Bertz CT molecular complexity index is 879. The number of hydrazine groups is 1. The topological polar surface area (TPSA) is 81.8 Å². The molecule has 27 heavy (non-hydrogen) atoms. The van der Waals surface area contributed by atoms with Crippen molar-refractivity contribution in [2.45, 2.75) is 11.4 Å². The second-order valence-corrected chi connectivity index (χ2v) is 8.34. The Balaban J connectivity index is 1.66. The third-order valence-corrected chi connectivity index (χ3v) is 5.88. The summed E-state index contributed by atoms with van der Waals surface area (Å²) in [7, 11) is -1.67. The maximum atomic E-state index is 12.5. The van der Waals surface area contributed by atoms with Crippen LogP contribution < -0.4 is 10.1 Å². The number of likely N-dealkylation sites (N-methyl/N-ethyl adjacent to an activating group) is 1. The number of sulfonamides is 1. The molecule has 2 aromatic carbocycles. The molecular weight excluding hydrogens is 364 g/mol. The van der Waals surface area contributed by atoms with Crippen molar-refractivity contribution in [2.75, 3.05) is 33.2 Å². The molecule has 3 rings (SSSR count). The van der Waals surface area contributed by atoms with Crippen LogP contribution in [0.15, 0.2) is 59.5 Å². The molecule has 1 amide bonds. The molecule has 1 fully saturated rings. The van der Waals surface area contributed by atoms with Crippen molar-refractivity contribution in [3.63, 3.8) is 0 Å². The van der Waals surface area contributed by atoms with E-state index in [2.05, 4.69) is 15.0 Å². The minimum atomic E-state index is -3.71. The summed E-state index contributed by atoms with van der Waals surface area (Å²) in [6, 6.07) is 15.4. The summed E-state index contributed by atoms with van der Waals surface area (Å²) in [5.41, 5.74) is 4.03. The van der Waals surface area contributed by atoms with Gasteiger partial charge in [-0.15, -0.1) is 0 Å². The first-order valence-corrected chi connectivity index (χ1v) is 10.3. The minimum Gasteiger partial charge on any atom is -0.304 e. The van der Waals surface area contributed by atoms with Crippen LogP contribution in [0.25, 0.3) is 0 Å². The van der Waals surface area contributed by atoms with Gasteiger partial charge in [0.2, 0.25) is 10.0 Å². The summed E-state index contributed by atoms with van der Waals surface area (Å²) in [6.45, 7) is 3.41. The van der Waals surface area contributed by atoms with Crippen LogP contribution in [0.4, 0.5) is 0 Å². The van der Waals surface area contributed by atoms with Gasteiger partial charge in [-0.05, 0) is 30.8 Å². The van der Waals surface area contributed by atoms with Crippen LogP contribution in [-0.4, -0.2) is 57.5 Å². The van der Waals surface area contributed by atoms with Crippen molar-refractivity contribution in [1.29, 1.82) is 0 Å². The molecule has 0 saturated carbocycles. The highest BCUT2D eigenvalue weighted by Gasteiger charge is 2.19. The van der Waals surface area contributed by atoms with Crippen molar-refractivity contribution in [3.8, 4) is 0 Å². The molecule has 0 aromatic heterocycles. The Morgan fingerprint density at radius 2 is 1.70 bits per heavy atom. The Morgan fingerprint density at radius 3 is 2.41 bits per heavy atom. The summed E-state index contributed by atoms with van der Waals surface area (Å²) in [5.74, 6) is -0.306. The number of carbonyl (C=O) groups is 1. The Morgan fingerprint density at radius 1 is 1.00 bits per heavy atom.